The van der Waals surface area contributed by atoms with Crippen LogP contribution in [-0.4, -0.2) is 9.97 Å². The van der Waals surface area contributed by atoms with E-state index in [9.17, 15) is 0 Å². The van der Waals surface area contributed by atoms with Gasteiger partial charge in [0.2, 0.25) is 0 Å². The smallest absolute Gasteiger partial charge is 0.112 e. The third-order valence-electron chi connectivity index (χ3n) is 3.96. The number of hydrogen-bond donors (Lipinski definition) is 1. The van der Waals surface area contributed by atoms with Crippen molar-refractivity contribution >= 4 is 11.3 Å². The fraction of sp³-hybridized carbons (Fsp3) is 0.562. The number of aromatic nitrogens is 2. The van der Waals surface area contributed by atoms with Gasteiger partial charge in [0.1, 0.15) is 5.82 Å². The Balaban J connectivity index is 2.12. The lowest BCUT2D eigenvalue weighted by atomic mass is 9.86. The van der Waals surface area contributed by atoms with Gasteiger partial charge in [-0.25, -0.2) is 4.98 Å². The van der Waals surface area contributed by atoms with Crippen molar-refractivity contribution in [2.45, 2.75) is 52.4 Å². The van der Waals surface area contributed by atoms with Crippen molar-refractivity contribution in [3.8, 4) is 0 Å². The van der Waals surface area contributed by atoms with E-state index >= 15 is 0 Å². The van der Waals surface area contributed by atoms with Crippen molar-refractivity contribution in [3.05, 3.63) is 40.1 Å². The molecule has 0 aliphatic heterocycles. The standard InChI is InChI=1S/C16H24N2S/c1-11(2)12(3)13-8-14(19-10-13)9-16(4,5)15-17-6-7-18-15/h6-8,10-12H,9H2,1-5H3,(H,17,18). The van der Waals surface area contributed by atoms with Crippen molar-refractivity contribution in [3.63, 3.8) is 0 Å². The van der Waals surface area contributed by atoms with Gasteiger partial charge in [-0.3, -0.25) is 0 Å². The molecular weight excluding hydrogens is 252 g/mol. The summed E-state index contributed by atoms with van der Waals surface area (Å²) in [5.41, 5.74) is 1.54. The van der Waals surface area contributed by atoms with E-state index in [1.807, 2.05) is 23.7 Å². The third kappa shape index (κ3) is 3.27. The fourth-order valence-corrected chi connectivity index (χ4v) is 3.49. The Morgan fingerprint density at radius 2 is 2.05 bits per heavy atom. The van der Waals surface area contributed by atoms with Gasteiger partial charge in [-0.05, 0) is 35.3 Å². The molecule has 0 saturated heterocycles. The molecule has 1 atom stereocenters. The first kappa shape index (κ1) is 14.3. The van der Waals surface area contributed by atoms with E-state index in [4.69, 9.17) is 0 Å². The summed E-state index contributed by atoms with van der Waals surface area (Å²) in [6.45, 7) is 11.4. The maximum atomic E-state index is 4.40. The molecule has 2 aromatic rings. The highest BCUT2D eigenvalue weighted by Crippen LogP contribution is 2.32. The normalized spacial score (nSPS) is 14.0. The molecule has 2 nitrogen and oxygen atoms in total. The Hall–Kier alpha value is -1.09. The van der Waals surface area contributed by atoms with Crippen molar-refractivity contribution in [1.82, 2.24) is 9.97 Å². The first-order valence-corrected chi connectivity index (χ1v) is 7.85. The average molecular weight is 276 g/mol. The van der Waals surface area contributed by atoms with Crippen molar-refractivity contribution < 1.29 is 0 Å². The molecule has 3 heteroatoms. The highest BCUT2D eigenvalue weighted by molar-refractivity contribution is 7.10. The second-order valence-corrected chi connectivity index (χ2v) is 7.37. The molecular formula is C16H24N2S. The minimum Gasteiger partial charge on any atom is -0.348 e. The van der Waals surface area contributed by atoms with E-state index < -0.39 is 0 Å². The van der Waals surface area contributed by atoms with Gasteiger partial charge in [-0.2, -0.15) is 0 Å². The molecule has 0 saturated carbocycles. The van der Waals surface area contributed by atoms with Gasteiger partial charge in [-0.1, -0.05) is 34.6 Å². The van der Waals surface area contributed by atoms with Crippen LogP contribution in [0.15, 0.2) is 23.8 Å². The van der Waals surface area contributed by atoms with Gasteiger partial charge < -0.3 is 4.98 Å². The number of nitrogens with zero attached hydrogens (tertiary/aromatic N) is 1. The lowest BCUT2D eigenvalue weighted by Crippen LogP contribution is -2.21. The zero-order chi connectivity index (χ0) is 14.0. The fourth-order valence-electron chi connectivity index (χ4n) is 2.27. The molecule has 0 amide bonds. The van der Waals surface area contributed by atoms with Crippen LogP contribution in [-0.2, 0) is 11.8 Å². The summed E-state index contributed by atoms with van der Waals surface area (Å²) < 4.78 is 0. The average Bonchev–Trinajstić information content (AvgIpc) is 2.97. The Bertz CT molecular complexity index is 509. The molecule has 0 fully saturated rings. The molecule has 0 aliphatic rings. The molecule has 104 valence electrons. The number of aromatic amines is 1. The maximum absolute atomic E-state index is 4.40. The molecule has 2 aromatic heterocycles. The van der Waals surface area contributed by atoms with Crippen molar-refractivity contribution in [1.29, 1.82) is 0 Å². The van der Waals surface area contributed by atoms with Crippen LogP contribution in [0.25, 0.3) is 0 Å². The predicted molar refractivity (Wildman–Crippen MR) is 82.9 cm³/mol. The third-order valence-corrected chi connectivity index (χ3v) is 4.91. The van der Waals surface area contributed by atoms with E-state index in [1.165, 1.54) is 10.4 Å². The lowest BCUT2D eigenvalue weighted by molar-refractivity contribution is 0.495. The lowest BCUT2D eigenvalue weighted by Gasteiger charge is -2.21. The van der Waals surface area contributed by atoms with E-state index in [-0.39, 0.29) is 5.41 Å². The van der Waals surface area contributed by atoms with E-state index in [0.717, 1.165) is 12.2 Å². The van der Waals surface area contributed by atoms with Gasteiger partial charge in [-0.15, -0.1) is 11.3 Å². The predicted octanol–water partition coefficient (Wildman–Crippen LogP) is 4.75. The summed E-state index contributed by atoms with van der Waals surface area (Å²) in [6.07, 6.45) is 4.77. The van der Waals surface area contributed by atoms with Crippen molar-refractivity contribution in [2.24, 2.45) is 5.92 Å². The summed E-state index contributed by atoms with van der Waals surface area (Å²) in [5.74, 6) is 2.40. The number of nitrogens with one attached hydrogen (secondary N) is 1. The quantitative estimate of drug-likeness (QED) is 0.838. The van der Waals surface area contributed by atoms with Crippen LogP contribution in [0.4, 0.5) is 0 Å². The number of rotatable bonds is 5. The SMILES string of the molecule is CC(C)C(C)c1csc(CC(C)(C)c2ncc[nH]2)c1. The molecule has 1 unspecified atom stereocenters. The van der Waals surface area contributed by atoms with E-state index in [0.29, 0.717) is 11.8 Å². The summed E-state index contributed by atoms with van der Waals surface area (Å²) >= 11 is 1.88. The Morgan fingerprint density at radius 1 is 1.32 bits per heavy atom. The zero-order valence-corrected chi connectivity index (χ0v) is 13.3. The van der Waals surface area contributed by atoms with Crippen molar-refractivity contribution in [2.75, 3.05) is 0 Å². The molecule has 0 aliphatic carbocycles. The van der Waals surface area contributed by atoms with Crippen LogP contribution in [0.5, 0.6) is 0 Å². The van der Waals surface area contributed by atoms with Crippen LogP contribution in [0.3, 0.4) is 0 Å². The summed E-state index contributed by atoms with van der Waals surface area (Å²) in [7, 11) is 0. The van der Waals surface area contributed by atoms with E-state index in [2.05, 4.69) is 56.0 Å². The molecule has 0 bridgehead atoms. The summed E-state index contributed by atoms with van der Waals surface area (Å²) in [4.78, 5) is 9.09. The largest absolute Gasteiger partial charge is 0.348 e. The second-order valence-electron chi connectivity index (χ2n) is 6.38. The van der Waals surface area contributed by atoms with Gasteiger partial charge >= 0.3 is 0 Å². The Morgan fingerprint density at radius 3 is 2.63 bits per heavy atom. The first-order valence-electron chi connectivity index (χ1n) is 6.97. The van der Waals surface area contributed by atoms with Crippen LogP contribution >= 0.6 is 11.3 Å². The molecule has 0 aromatic carbocycles. The van der Waals surface area contributed by atoms with Gasteiger partial charge in [0.15, 0.2) is 0 Å². The van der Waals surface area contributed by atoms with Crippen LogP contribution in [0.2, 0.25) is 0 Å². The molecule has 2 rings (SSSR count). The summed E-state index contributed by atoms with van der Waals surface area (Å²) in [6, 6.07) is 2.38. The first-order chi connectivity index (χ1) is 8.90. The highest BCUT2D eigenvalue weighted by Gasteiger charge is 2.25. The molecule has 0 spiro atoms. The highest BCUT2D eigenvalue weighted by atomic mass is 32.1. The van der Waals surface area contributed by atoms with Crippen LogP contribution in [0.1, 0.15) is 56.8 Å². The number of imidazole rings is 1. The molecule has 2 heterocycles. The molecule has 0 radical (unpaired) electrons. The minimum absolute atomic E-state index is 0.0622. The van der Waals surface area contributed by atoms with Gasteiger partial charge in [0.25, 0.3) is 0 Å². The zero-order valence-electron chi connectivity index (χ0n) is 12.5. The van der Waals surface area contributed by atoms with Crippen LogP contribution < -0.4 is 0 Å². The van der Waals surface area contributed by atoms with E-state index in [1.54, 1.807) is 0 Å². The Kier molecular flexibility index (Phi) is 4.14. The number of H-pyrrole nitrogens is 1. The summed E-state index contributed by atoms with van der Waals surface area (Å²) in [5, 5.41) is 2.32. The number of thiophene rings is 1. The maximum Gasteiger partial charge on any atom is 0.112 e. The Labute approximate surface area is 120 Å². The molecule has 1 N–H and O–H groups in total. The van der Waals surface area contributed by atoms with Gasteiger partial charge in [0.05, 0.1) is 0 Å². The van der Waals surface area contributed by atoms with Crippen LogP contribution in [0, 0.1) is 5.92 Å². The topological polar surface area (TPSA) is 28.7 Å². The number of hydrogen-bond acceptors (Lipinski definition) is 2. The molecule has 19 heavy (non-hydrogen) atoms. The monoisotopic (exact) mass is 276 g/mol. The van der Waals surface area contributed by atoms with Gasteiger partial charge in [0, 0.05) is 22.7 Å². The second kappa shape index (κ2) is 5.49. The minimum atomic E-state index is 0.0622.